The summed E-state index contributed by atoms with van der Waals surface area (Å²) in [7, 11) is 5.83. The monoisotopic (exact) mass is 495 g/mol. The van der Waals surface area contributed by atoms with Gasteiger partial charge in [0.05, 0.1) is 45.5 Å². The highest BCUT2D eigenvalue weighted by atomic mass is 16.5. The maximum Gasteiger partial charge on any atom is 0.336 e. The van der Waals surface area contributed by atoms with Crippen molar-refractivity contribution in [2.75, 3.05) is 35.0 Å². The third-order valence-corrected chi connectivity index (χ3v) is 8.88. The maximum absolute atomic E-state index is 13.1. The average molecular weight is 496 g/mol. The van der Waals surface area contributed by atoms with Crippen LogP contribution in [0.1, 0.15) is 56.4 Å². The molecule has 4 fully saturated rings. The maximum atomic E-state index is 13.1. The van der Waals surface area contributed by atoms with Gasteiger partial charge in [0, 0.05) is 24.5 Å². The molecule has 0 amide bonds. The summed E-state index contributed by atoms with van der Waals surface area (Å²) in [6, 6.07) is 5.44. The second kappa shape index (κ2) is 9.83. The minimum absolute atomic E-state index is 0.373. The lowest BCUT2D eigenvalue weighted by atomic mass is 9.49. The second-order valence-electron chi connectivity index (χ2n) is 11.1. The fourth-order valence-corrected chi connectivity index (χ4v) is 7.85. The lowest BCUT2D eigenvalue weighted by molar-refractivity contribution is -0.137. The van der Waals surface area contributed by atoms with Gasteiger partial charge in [0.15, 0.2) is 11.5 Å². The SMILES string of the molecule is COC(=O)C1=CN(CCC23CC4CC(CC(C4)C2)C3)C=C(C(=O)OC)C1c1cccc(OC)c1OC. The molecule has 0 N–H and O–H groups in total. The predicted molar refractivity (Wildman–Crippen MR) is 134 cm³/mol. The van der Waals surface area contributed by atoms with E-state index in [2.05, 4.69) is 0 Å². The van der Waals surface area contributed by atoms with Gasteiger partial charge >= 0.3 is 11.9 Å². The number of nitrogens with zero attached hydrogens (tertiary/aromatic N) is 1. The Balaban J connectivity index is 1.48. The first kappa shape index (κ1) is 24.7. The number of carbonyl (C=O) groups excluding carboxylic acids is 2. The summed E-state index contributed by atoms with van der Waals surface area (Å²) in [5, 5.41) is 0. The quantitative estimate of drug-likeness (QED) is 0.479. The van der Waals surface area contributed by atoms with Crippen molar-refractivity contribution >= 4 is 11.9 Å². The van der Waals surface area contributed by atoms with Crippen molar-refractivity contribution in [2.24, 2.45) is 23.2 Å². The van der Waals surface area contributed by atoms with Crippen molar-refractivity contribution in [2.45, 2.75) is 50.9 Å². The van der Waals surface area contributed by atoms with Gasteiger partial charge in [-0.1, -0.05) is 12.1 Å². The topological polar surface area (TPSA) is 74.3 Å². The summed E-state index contributed by atoms with van der Waals surface area (Å²) in [5.74, 6) is 1.95. The Hall–Kier alpha value is -2.96. The Morgan fingerprint density at radius 1 is 0.861 bits per heavy atom. The fraction of sp³-hybridized carbons (Fsp3) is 0.586. The lowest BCUT2D eigenvalue weighted by Crippen LogP contribution is -2.47. The molecule has 1 aromatic carbocycles. The third-order valence-electron chi connectivity index (χ3n) is 8.88. The van der Waals surface area contributed by atoms with E-state index in [4.69, 9.17) is 18.9 Å². The van der Waals surface area contributed by atoms with Crippen molar-refractivity contribution in [3.05, 3.63) is 47.3 Å². The van der Waals surface area contributed by atoms with Crippen LogP contribution in [0.15, 0.2) is 41.7 Å². The number of rotatable bonds is 8. The standard InChI is InChI=1S/C29H37NO6/c1-33-24-7-5-6-21(26(24)34-2)25-22(27(31)35-3)16-30(17-23(25)28(32)36-4)9-8-29-13-18-10-19(14-29)12-20(11-18)15-29/h5-7,16-20,25H,8-15H2,1-4H3. The molecule has 4 saturated carbocycles. The van der Waals surface area contributed by atoms with Gasteiger partial charge in [0.1, 0.15) is 0 Å². The van der Waals surface area contributed by atoms with Gasteiger partial charge in [-0.15, -0.1) is 0 Å². The van der Waals surface area contributed by atoms with Gasteiger partial charge < -0.3 is 23.8 Å². The Kier molecular flexibility index (Phi) is 6.75. The molecule has 4 aliphatic carbocycles. The largest absolute Gasteiger partial charge is 0.493 e. The van der Waals surface area contributed by atoms with Crippen LogP contribution in [0.5, 0.6) is 11.5 Å². The Labute approximate surface area is 213 Å². The number of carbonyl (C=O) groups is 2. The summed E-state index contributed by atoms with van der Waals surface area (Å²) < 4.78 is 21.5. The van der Waals surface area contributed by atoms with Crippen LogP contribution in [0.3, 0.4) is 0 Å². The number of hydrogen-bond acceptors (Lipinski definition) is 7. The Bertz CT molecular complexity index is 1020. The van der Waals surface area contributed by atoms with Gasteiger partial charge in [-0.2, -0.15) is 0 Å². The van der Waals surface area contributed by atoms with Crippen LogP contribution in [-0.2, 0) is 19.1 Å². The van der Waals surface area contributed by atoms with Crippen molar-refractivity contribution < 1.29 is 28.5 Å². The molecular formula is C29H37NO6. The van der Waals surface area contributed by atoms with Gasteiger partial charge in [-0.3, -0.25) is 0 Å². The number of esters is 2. The molecule has 0 aromatic heterocycles. The third kappa shape index (κ3) is 4.37. The number of para-hydroxylation sites is 1. The number of ether oxygens (including phenoxy) is 4. The first-order valence-electron chi connectivity index (χ1n) is 13.0. The summed E-state index contributed by atoms with van der Waals surface area (Å²) in [6.07, 6.45) is 12.9. The van der Waals surface area contributed by atoms with E-state index in [0.717, 1.165) is 30.7 Å². The summed E-state index contributed by atoms with van der Waals surface area (Å²) in [4.78, 5) is 28.1. The van der Waals surface area contributed by atoms with Crippen LogP contribution in [0.25, 0.3) is 0 Å². The van der Waals surface area contributed by atoms with E-state index in [9.17, 15) is 9.59 Å². The van der Waals surface area contributed by atoms with E-state index >= 15 is 0 Å². The highest BCUT2D eigenvalue weighted by Gasteiger charge is 2.50. The van der Waals surface area contributed by atoms with E-state index in [-0.39, 0.29) is 0 Å². The summed E-state index contributed by atoms with van der Waals surface area (Å²) in [6.45, 7) is 0.745. The molecule has 1 aromatic rings. The van der Waals surface area contributed by atoms with Crippen LogP contribution >= 0.6 is 0 Å². The molecule has 0 spiro atoms. The molecule has 5 aliphatic rings. The molecule has 0 saturated heterocycles. The molecule has 194 valence electrons. The van der Waals surface area contributed by atoms with E-state index in [1.165, 1.54) is 52.7 Å². The molecule has 1 heterocycles. The molecule has 6 rings (SSSR count). The zero-order valence-electron chi connectivity index (χ0n) is 21.7. The zero-order chi connectivity index (χ0) is 25.4. The van der Waals surface area contributed by atoms with Crippen LogP contribution in [0.2, 0.25) is 0 Å². The fourth-order valence-electron chi connectivity index (χ4n) is 7.85. The Morgan fingerprint density at radius 2 is 1.42 bits per heavy atom. The van der Waals surface area contributed by atoms with Crippen LogP contribution in [0.4, 0.5) is 0 Å². The van der Waals surface area contributed by atoms with Gasteiger partial charge in [0.25, 0.3) is 0 Å². The second-order valence-corrected chi connectivity index (χ2v) is 11.1. The molecule has 0 unspecified atom stereocenters. The first-order valence-corrected chi connectivity index (χ1v) is 13.0. The van der Waals surface area contributed by atoms with E-state index in [1.807, 2.05) is 29.4 Å². The molecule has 7 nitrogen and oxygen atoms in total. The minimum Gasteiger partial charge on any atom is -0.493 e. The smallest absolute Gasteiger partial charge is 0.336 e. The normalized spacial score (nSPS) is 28.9. The molecule has 4 bridgehead atoms. The molecule has 0 radical (unpaired) electrons. The highest BCUT2D eigenvalue weighted by Crippen LogP contribution is 2.61. The molecule has 7 heteroatoms. The summed E-state index contributed by atoms with van der Waals surface area (Å²) >= 11 is 0. The average Bonchev–Trinajstić information content (AvgIpc) is 2.89. The van der Waals surface area contributed by atoms with Crippen LogP contribution in [0, 0.1) is 23.2 Å². The molecule has 36 heavy (non-hydrogen) atoms. The van der Waals surface area contributed by atoms with E-state index in [1.54, 1.807) is 20.3 Å². The van der Waals surface area contributed by atoms with E-state index in [0.29, 0.717) is 33.6 Å². The van der Waals surface area contributed by atoms with Crippen LogP contribution < -0.4 is 9.47 Å². The predicted octanol–water partition coefficient (Wildman–Crippen LogP) is 4.82. The summed E-state index contributed by atoms with van der Waals surface area (Å²) in [5.41, 5.74) is 1.78. The highest BCUT2D eigenvalue weighted by molar-refractivity contribution is 5.99. The van der Waals surface area contributed by atoms with Gasteiger partial charge in [0.2, 0.25) is 0 Å². The van der Waals surface area contributed by atoms with Crippen molar-refractivity contribution in [3.8, 4) is 11.5 Å². The molecule has 1 aliphatic heterocycles. The van der Waals surface area contributed by atoms with Gasteiger partial charge in [-0.05, 0) is 74.2 Å². The van der Waals surface area contributed by atoms with Crippen LogP contribution in [-0.4, -0.2) is 51.8 Å². The Morgan fingerprint density at radius 3 is 1.89 bits per heavy atom. The number of hydrogen-bond donors (Lipinski definition) is 0. The number of methoxy groups -OCH3 is 4. The minimum atomic E-state index is -0.703. The van der Waals surface area contributed by atoms with E-state index < -0.39 is 17.9 Å². The van der Waals surface area contributed by atoms with Crippen molar-refractivity contribution in [1.29, 1.82) is 0 Å². The first-order chi connectivity index (χ1) is 17.4. The zero-order valence-corrected chi connectivity index (χ0v) is 21.7. The lowest BCUT2D eigenvalue weighted by Gasteiger charge is -2.57. The number of benzene rings is 1. The van der Waals surface area contributed by atoms with Gasteiger partial charge in [-0.25, -0.2) is 9.59 Å². The van der Waals surface area contributed by atoms with Crippen molar-refractivity contribution in [1.82, 2.24) is 4.90 Å². The molecular weight excluding hydrogens is 458 g/mol. The molecule has 0 atom stereocenters. The van der Waals surface area contributed by atoms with Crippen molar-refractivity contribution in [3.63, 3.8) is 0 Å².